The van der Waals surface area contributed by atoms with Crippen LogP contribution in [-0.2, 0) is 9.59 Å². The lowest BCUT2D eigenvalue weighted by molar-refractivity contribution is -0.116. The van der Waals surface area contributed by atoms with Crippen molar-refractivity contribution in [3.63, 3.8) is 0 Å². The van der Waals surface area contributed by atoms with Crippen molar-refractivity contribution in [2.24, 2.45) is 0 Å². The summed E-state index contributed by atoms with van der Waals surface area (Å²) >= 11 is 0. The van der Waals surface area contributed by atoms with Gasteiger partial charge >= 0.3 is 0 Å². The molecule has 2 amide bonds. The average molecular weight is 243 g/mol. The second kappa shape index (κ2) is 6.61. The van der Waals surface area contributed by atoms with E-state index in [4.69, 9.17) is 10.5 Å². The minimum absolute atomic E-state index is 0.227. The Hall–Kier alpha value is -2.93. The van der Waals surface area contributed by atoms with Crippen LogP contribution in [0.5, 0.6) is 0 Å². The molecule has 0 fully saturated rings. The summed E-state index contributed by atoms with van der Waals surface area (Å²) in [5.41, 5.74) is 0. The van der Waals surface area contributed by atoms with Crippen LogP contribution in [0.1, 0.15) is 12.8 Å². The van der Waals surface area contributed by atoms with Crippen molar-refractivity contribution in [2.75, 3.05) is 10.6 Å². The molecule has 90 valence electrons. The zero-order chi connectivity index (χ0) is 13.4. The topological polar surface area (TPSA) is 119 Å². The van der Waals surface area contributed by atoms with Crippen molar-refractivity contribution in [3.8, 4) is 12.1 Å². The summed E-state index contributed by atoms with van der Waals surface area (Å²) in [6.07, 6.45) is -0.542. The number of anilines is 2. The standard InChI is InChI=1S/C11H9N5O2/c12-6-4-10(17)15-8-2-1-3-9(14-8)16-11(18)5-7-13/h1-3H,4-5H2,(H2,14,15,16,17,18). The monoisotopic (exact) mass is 243 g/mol. The molecule has 7 heteroatoms. The van der Waals surface area contributed by atoms with Crippen LogP contribution < -0.4 is 10.6 Å². The van der Waals surface area contributed by atoms with E-state index in [1.807, 2.05) is 0 Å². The van der Waals surface area contributed by atoms with Gasteiger partial charge in [-0.1, -0.05) is 6.07 Å². The molecule has 0 saturated heterocycles. The predicted molar refractivity (Wildman–Crippen MR) is 62.0 cm³/mol. The first-order chi connectivity index (χ1) is 8.65. The number of hydrogen-bond donors (Lipinski definition) is 2. The van der Waals surface area contributed by atoms with Gasteiger partial charge in [-0.25, -0.2) is 4.98 Å². The molecule has 0 radical (unpaired) electrons. The second-order valence-corrected chi connectivity index (χ2v) is 3.17. The number of nitriles is 2. The van der Waals surface area contributed by atoms with Gasteiger partial charge in [0, 0.05) is 0 Å². The number of nitrogens with one attached hydrogen (secondary N) is 2. The lowest BCUT2D eigenvalue weighted by Crippen LogP contribution is -2.14. The van der Waals surface area contributed by atoms with Gasteiger partial charge in [-0.3, -0.25) is 9.59 Å². The zero-order valence-corrected chi connectivity index (χ0v) is 9.30. The van der Waals surface area contributed by atoms with Crippen molar-refractivity contribution in [1.29, 1.82) is 10.5 Å². The molecule has 0 unspecified atom stereocenters. The summed E-state index contributed by atoms with van der Waals surface area (Å²) in [7, 11) is 0. The van der Waals surface area contributed by atoms with Crippen molar-refractivity contribution >= 4 is 23.5 Å². The Morgan fingerprint density at radius 2 is 1.50 bits per heavy atom. The first-order valence-electron chi connectivity index (χ1n) is 4.96. The van der Waals surface area contributed by atoms with Gasteiger partial charge < -0.3 is 10.6 Å². The van der Waals surface area contributed by atoms with Gasteiger partial charge in [0.05, 0.1) is 12.1 Å². The molecule has 18 heavy (non-hydrogen) atoms. The van der Waals surface area contributed by atoms with Crippen molar-refractivity contribution < 1.29 is 9.59 Å². The number of pyridine rings is 1. The van der Waals surface area contributed by atoms with E-state index in [-0.39, 0.29) is 24.5 Å². The average Bonchev–Trinajstić information content (AvgIpc) is 2.29. The van der Waals surface area contributed by atoms with Gasteiger partial charge in [0.2, 0.25) is 11.8 Å². The fourth-order valence-corrected chi connectivity index (χ4v) is 1.09. The SMILES string of the molecule is N#CCC(=O)Nc1cccc(NC(=O)CC#N)n1. The van der Waals surface area contributed by atoms with E-state index in [0.717, 1.165) is 0 Å². The highest BCUT2D eigenvalue weighted by Crippen LogP contribution is 2.09. The summed E-state index contributed by atoms with van der Waals surface area (Å²) in [5, 5.41) is 21.5. The van der Waals surface area contributed by atoms with E-state index in [0.29, 0.717) is 0 Å². The Kier molecular flexibility index (Phi) is 4.82. The summed E-state index contributed by atoms with van der Waals surface area (Å²) in [4.78, 5) is 26.2. The lowest BCUT2D eigenvalue weighted by atomic mass is 10.4. The molecule has 0 saturated carbocycles. The van der Waals surface area contributed by atoms with E-state index in [9.17, 15) is 9.59 Å². The molecule has 2 N–H and O–H groups in total. The van der Waals surface area contributed by atoms with E-state index in [1.165, 1.54) is 12.1 Å². The number of carbonyl (C=O) groups excluding carboxylic acids is 2. The molecule has 0 aliphatic rings. The maximum atomic E-state index is 11.1. The number of nitrogens with zero attached hydrogens (tertiary/aromatic N) is 3. The number of rotatable bonds is 4. The molecule has 0 spiro atoms. The summed E-state index contributed by atoms with van der Waals surface area (Å²) in [5.74, 6) is -0.508. The van der Waals surface area contributed by atoms with E-state index < -0.39 is 11.8 Å². The lowest BCUT2D eigenvalue weighted by Gasteiger charge is -2.05. The first-order valence-corrected chi connectivity index (χ1v) is 4.96. The fourth-order valence-electron chi connectivity index (χ4n) is 1.09. The number of amides is 2. The van der Waals surface area contributed by atoms with Crippen molar-refractivity contribution in [3.05, 3.63) is 18.2 Å². The largest absolute Gasteiger partial charge is 0.310 e. The molecule has 7 nitrogen and oxygen atoms in total. The van der Waals surface area contributed by atoms with Crippen molar-refractivity contribution in [1.82, 2.24) is 4.98 Å². The minimum atomic E-state index is -0.481. The molecule has 0 aromatic carbocycles. The molecule has 1 aromatic rings. The van der Waals surface area contributed by atoms with Crippen LogP contribution in [0.15, 0.2) is 18.2 Å². The molecule has 1 heterocycles. The normalized spacial score (nSPS) is 8.78. The Bertz CT molecular complexity index is 496. The van der Waals surface area contributed by atoms with Crippen LogP contribution in [0.2, 0.25) is 0 Å². The van der Waals surface area contributed by atoms with E-state index in [1.54, 1.807) is 18.2 Å². The molecular formula is C11H9N5O2. The molecule has 0 aliphatic heterocycles. The van der Waals surface area contributed by atoms with Crippen LogP contribution >= 0.6 is 0 Å². The van der Waals surface area contributed by atoms with Crippen LogP contribution in [0, 0.1) is 22.7 Å². The van der Waals surface area contributed by atoms with Crippen LogP contribution in [0.3, 0.4) is 0 Å². The molecular weight excluding hydrogens is 234 g/mol. The highest BCUT2D eigenvalue weighted by Gasteiger charge is 2.05. The van der Waals surface area contributed by atoms with E-state index in [2.05, 4.69) is 15.6 Å². The molecule has 0 bridgehead atoms. The van der Waals surface area contributed by atoms with Gasteiger partial charge in [0.1, 0.15) is 24.5 Å². The third-order valence-corrected chi connectivity index (χ3v) is 1.76. The van der Waals surface area contributed by atoms with Gasteiger partial charge in [0.15, 0.2) is 0 Å². The van der Waals surface area contributed by atoms with Gasteiger partial charge in [-0.05, 0) is 12.1 Å². The Balaban J connectivity index is 2.68. The number of hydrogen-bond acceptors (Lipinski definition) is 5. The van der Waals surface area contributed by atoms with Crippen LogP contribution in [0.25, 0.3) is 0 Å². The molecule has 0 atom stereocenters. The number of carbonyl (C=O) groups is 2. The van der Waals surface area contributed by atoms with Gasteiger partial charge in [0.25, 0.3) is 0 Å². The summed E-state index contributed by atoms with van der Waals surface area (Å²) in [6, 6.07) is 8.04. The quantitative estimate of drug-likeness (QED) is 0.810. The fraction of sp³-hybridized carbons (Fsp3) is 0.182. The van der Waals surface area contributed by atoms with Gasteiger partial charge in [-0.2, -0.15) is 10.5 Å². The number of aromatic nitrogens is 1. The third kappa shape index (κ3) is 4.29. The molecule has 1 rings (SSSR count). The Morgan fingerprint density at radius 3 is 1.89 bits per heavy atom. The smallest absolute Gasteiger partial charge is 0.239 e. The predicted octanol–water partition coefficient (Wildman–Crippen LogP) is 0.786. The Morgan fingerprint density at radius 1 is 1.06 bits per heavy atom. The van der Waals surface area contributed by atoms with E-state index >= 15 is 0 Å². The summed E-state index contributed by atoms with van der Waals surface area (Å²) < 4.78 is 0. The minimum Gasteiger partial charge on any atom is -0.310 e. The Labute approximate surface area is 103 Å². The summed E-state index contributed by atoms with van der Waals surface area (Å²) in [6.45, 7) is 0. The first kappa shape index (κ1) is 13.1. The van der Waals surface area contributed by atoms with Crippen LogP contribution in [-0.4, -0.2) is 16.8 Å². The van der Waals surface area contributed by atoms with Crippen LogP contribution in [0.4, 0.5) is 11.6 Å². The molecule has 0 aliphatic carbocycles. The highest BCUT2D eigenvalue weighted by atomic mass is 16.2. The highest BCUT2D eigenvalue weighted by molar-refractivity contribution is 5.93. The van der Waals surface area contributed by atoms with Crippen molar-refractivity contribution in [2.45, 2.75) is 12.8 Å². The molecule has 1 aromatic heterocycles. The maximum Gasteiger partial charge on any atom is 0.239 e. The maximum absolute atomic E-state index is 11.1. The third-order valence-electron chi connectivity index (χ3n) is 1.76. The van der Waals surface area contributed by atoms with Gasteiger partial charge in [-0.15, -0.1) is 0 Å². The zero-order valence-electron chi connectivity index (χ0n) is 9.30. The second-order valence-electron chi connectivity index (χ2n) is 3.17.